The molecule has 1 N–H and O–H groups in total. The molecule has 1 heterocycles. The zero-order valence-electron chi connectivity index (χ0n) is 6.23. The first-order chi connectivity index (χ1) is 4.94. The Labute approximate surface area is 63.5 Å². The van der Waals surface area contributed by atoms with Crippen LogP contribution in [0.5, 0.6) is 0 Å². The van der Waals surface area contributed by atoms with E-state index in [-0.39, 0.29) is 6.61 Å². The maximum atomic E-state index is 13.0. The van der Waals surface area contributed by atoms with E-state index in [9.17, 15) is 8.78 Å². The van der Waals surface area contributed by atoms with Crippen LogP contribution in [0.1, 0.15) is 6.92 Å². The van der Waals surface area contributed by atoms with Gasteiger partial charge in [0.25, 0.3) is 0 Å². The van der Waals surface area contributed by atoms with Gasteiger partial charge in [0.05, 0.1) is 13.2 Å². The van der Waals surface area contributed by atoms with E-state index in [2.05, 4.69) is 11.3 Å². The Hall–Kier alpha value is -0.480. The lowest BCUT2D eigenvalue weighted by atomic mass is 9.98. The summed E-state index contributed by atoms with van der Waals surface area (Å²) < 4.78 is 30.6. The standard InChI is InChI=1S/C7H10F2O2/c1-5(3-10)7(8,9)6(2)4-11-6/h10H,1,3-4H2,2H3. The van der Waals surface area contributed by atoms with Gasteiger partial charge in [0, 0.05) is 5.57 Å². The number of hydrogen-bond acceptors (Lipinski definition) is 2. The average Bonchev–Trinajstić information content (AvgIpc) is 2.67. The normalized spacial score (nSPS) is 30.2. The van der Waals surface area contributed by atoms with E-state index in [1.165, 1.54) is 6.92 Å². The Morgan fingerprint density at radius 2 is 2.27 bits per heavy atom. The summed E-state index contributed by atoms with van der Waals surface area (Å²) in [5.41, 5.74) is -1.91. The smallest absolute Gasteiger partial charge is 0.301 e. The monoisotopic (exact) mass is 164 g/mol. The van der Waals surface area contributed by atoms with Gasteiger partial charge >= 0.3 is 5.92 Å². The van der Waals surface area contributed by atoms with E-state index < -0.39 is 23.7 Å². The third kappa shape index (κ3) is 1.16. The summed E-state index contributed by atoms with van der Waals surface area (Å²) in [6.45, 7) is 3.70. The van der Waals surface area contributed by atoms with Crippen molar-refractivity contribution in [1.82, 2.24) is 0 Å². The molecule has 0 aromatic carbocycles. The molecule has 1 aliphatic heterocycles. The molecule has 64 valence electrons. The van der Waals surface area contributed by atoms with Gasteiger partial charge in [0.2, 0.25) is 0 Å². The molecule has 11 heavy (non-hydrogen) atoms. The molecule has 0 aromatic heterocycles. The summed E-state index contributed by atoms with van der Waals surface area (Å²) in [6.07, 6.45) is 0. The summed E-state index contributed by atoms with van der Waals surface area (Å²) in [5, 5.41) is 8.43. The van der Waals surface area contributed by atoms with Crippen molar-refractivity contribution in [3.05, 3.63) is 12.2 Å². The predicted molar refractivity (Wildman–Crippen MR) is 35.5 cm³/mol. The van der Waals surface area contributed by atoms with Crippen LogP contribution in [0.4, 0.5) is 8.78 Å². The van der Waals surface area contributed by atoms with Gasteiger partial charge in [0.15, 0.2) is 5.60 Å². The number of aliphatic hydroxyl groups is 1. The van der Waals surface area contributed by atoms with Crippen LogP contribution in [0.25, 0.3) is 0 Å². The first kappa shape index (κ1) is 8.62. The molecule has 4 heteroatoms. The van der Waals surface area contributed by atoms with E-state index in [1.807, 2.05) is 0 Å². The van der Waals surface area contributed by atoms with Gasteiger partial charge in [-0.1, -0.05) is 6.58 Å². The number of ether oxygens (including phenoxy) is 1. The van der Waals surface area contributed by atoms with Crippen molar-refractivity contribution < 1.29 is 18.6 Å². The minimum absolute atomic E-state index is 0.0268. The molecule has 0 amide bonds. The summed E-state index contributed by atoms with van der Waals surface area (Å²) in [4.78, 5) is 0. The van der Waals surface area contributed by atoms with E-state index in [0.29, 0.717) is 0 Å². The molecule has 1 aliphatic rings. The van der Waals surface area contributed by atoms with Gasteiger partial charge < -0.3 is 9.84 Å². The van der Waals surface area contributed by atoms with Gasteiger partial charge in [-0.2, -0.15) is 8.78 Å². The van der Waals surface area contributed by atoms with Gasteiger partial charge in [-0.05, 0) is 6.92 Å². The molecule has 0 aliphatic carbocycles. The summed E-state index contributed by atoms with van der Waals surface area (Å²) >= 11 is 0. The number of epoxide rings is 1. The number of rotatable bonds is 3. The molecule has 1 unspecified atom stereocenters. The van der Waals surface area contributed by atoms with E-state index >= 15 is 0 Å². The molecule has 1 fully saturated rings. The molecule has 0 aromatic rings. The van der Waals surface area contributed by atoms with Crippen LogP contribution in [0.3, 0.4) is 0 Å². The Bertz CT molecular complexity index is 185. The fourth-order valence-corrected chi connectivity index (χ4v) is 0.763. The third-order valence-corrected chi connectivity index (χ3v) is 1.88. The molecular weight excluding hydrogens is 154 g/mol. The Kier molecular flexibility index (Phi) is 1.76. The highest BCUT2D eigenvalue weighted by atomic mass is 19.3. The van der Waals surface area contributed by atoms with Crippen molar-refractivity contribution in [2.45, 2.75) is 18.4 Å². The lowest BCUT2D eigenvalue weighted by molar-refractivity contribution is -0.0396. The first-order valence-electron chi connectivity index (χ1n) is 3.25. The Morgan fingerprint density at radius 3 is 2.55 bits per heavy atom. The second-order valence-corrected chi connectivity index (χ2v) is 2.86. The number of alkyl halides is 2. The fraction of sp³-hybridized carbons (Fsp3) is 0.714. The maximum absolute atomic E-state index is 13.0. The van der Waals surface area contributed by atoms with Gasteiger partial charge in [-0.15, -0.1) is 0 Å². The molecular formula is C7H10F2O2. The molecule has 0 radical (unpaired) electrons. The summed E-state index contributed by atoms with van der Waals surface area (Å²) in [5.74, 6) is -3.11. The summed E-state index contributed by atoms with van der Waals surface area (Å²) in [6, 6.07) is 0. The molecule has 1 atom stereocenters. The van der Waals surface area contributed by atoms with Crippen molar-refractivity contribution in [2.75, 3.05) is 13.2 Å². The molecule has 2 nitrogen and oxygen atoms in total. The van der Waals surface area contributed by atoms with Crippen molar-refractivity contribution >= 4 is 0 Å². The number of hydrogen-bond donors (Lipinski definition) is 1. The predicted octanol–water partition coefficient (Wildman–Crippen LogP) is 0.959. The van der Waals surface area contributed by atoms with E-state index in [1.54, 1.807) is 0 Å². The number of halogens is 2. The minimum Gasteiger partial charge on any atom is -0.392 e. The molecule has 0 bridgehead atoms. The van der Waals surface area contributed by atoms with Crippen LogP contribution in [0.15, 0.2) is 12.2 Å². The fourth-order valence-electron chi connectivity index (χ4n) is 0.763. The topological polar surface area (TPSA) is 32.8 Å². The molecule has 0 saturated carbocycles. The lowest BCUT2D eigenvalue weighted by Gasteiger charge is -2.21. The number of aliphatic hydroxyl groups excluding tert-OH is 1. The largest absolute Gasteiger partial charge is 0.392 e. The van der Waals surface area contributed by atoms with Crippen LogP contribution in [-0.4, -0.2) is 29.8 Å². The summed E-state index contributed by atoms with van der Waals surface area (Å²) in [7, 11) is 0. The van der Waals surface area contributed by atoms with Crippen LogP contribution in [-0.2, 0) is 4.74 Å². The minimum atomic E-state index is -3.11. The average molecular weight is 164 g/mol. The Balaban J connectivity index is 2.73. The van der Waals surface area contributed by atoms with Gasteiger partial charge in [0.1, 0.15) is 0 Å². The van der Waals surface area contributed by atoms with Crippen molar-refractivity contribution in [2.24, 2.45) is 0 Å². The Morgan fingerprint density at radius 1 is 1.82 bits per heavy atom. The van der Waals surface area contributed by atoms with Crippen LogP contribution in [0.2, 0.25) is 0 Å². The van der Waals surface area contributed by atoms with Crippen molar-refractivity contribution in [3.8, 4) is 0 Å². The molecule has 1 rings (SSSR count). The highest BCUT2D eigenvalue weighted by Crippen LogP contribution is 2.45. The van der Waals surface area contributed by atoms with E-state index in [4.69, 9.17) is 5.11 Å². The highest BCUT2D eigenvalue weighted by molar-refractivity contribution is 5.19. The third-order valence-electron chi connectivity index (χ3n) is 1.88. The molecule has 0 spiro atoms. The lowest BCUT2D eigenvalue weighted by Crippen LogP contribution is -2.37. The van der Waals surface area contributed by atoms with Crippen molar-refractivity contribution in [1.29, 1.82) is 0 Å². The highest BCUT2D eigenvalue weighted by Gasteiger charge is 2.61. The molecule has 1 saturated heterocycles. The van der Waals surface area contributed by atoms with Gasteiger partial charge in [-0.3, -0.25) is 0 Å². The quantitative estimate of drug-likeness (QED) is 0.497. The second kappa shape index (κ2) is 2.25. The van der Waals surface area contributed by atoms with E-state index in [0.717, 1.165) is 0 Å². The maximum Gasteiger partial charge on any atom is 0.301 e. The van der Waals surface area contributed by atoms with Crippen LogP contribution < -0.4 is 0 Å². The first-order valence-corrected chi connectivity index (χ1v) is 3.25. The second-order valence-electron chi connectivity index (χ2n) is 2.86. The van der Waals surface area contributed by atoms with Crippen LogP contribution in [0, 0.1) is 0 Å². The van der Waals surface area contributed by atoms with Gasteiger partial charge in [-0.25, -0.2) is 0 Å². The zero-order chi connectivity index (χ0) is 8.70. The zero-order valence-corrected chi connectivity index (χ0v) is 6.23. The SMILES string of the molecule is C=C(CO)C(F)(F)C1(C)CO1. The van der Waals surface area contributed by atoms with Crippen LogP contribution >= 0.6 is 0 Å². The van der Waals surface area contributed by atoms with Crippen molar-refractivity contribution in [3.63, 3.8) is 0 Å².